The molecule has 2 N–H and O–H groups in total. The minimum absolute atomic E-state index is 0.401. The molecule has 0 saturated carbocycles. The Hall–Kier alpha value is -1.75. The Morgan fingerprint density at radius 2 is 2.41 bits per heavy atom. The average molecular weight is 235 g/mol. The van der Waals surface area contributed by atoms with Gasteiger partial charge in [0.2, 0.25) is 0 Å². The molecular formula is C12H17N3O2. The lowest BCUT2D eigenvalue weighted by molar-refractivity contribution is 0.270. The first kappa shape index (κ1) is 11.7. The van der Waals surface area contributed by atoms with Crippen molar-refractivity contribution in [1.82, 2.24) is 9.78 Å². The summed E-state index contributed by atoms with van der Waals surface area (Å²) < 4.78 is 12.7. The maximum Gasteiger partial charge on any atom is 0.157 e. The zero-order chi connectivity index (χ0) is 12.1. The molecular weight excluding hydrogens is 218 g/mol. The molecule has 2 heterocycles. The standard InChI is InChI=1S/C12H17N3O2/c1-2-3-15-7-12(6-14-15)17-9-11-4-10(5-13)8-16-11/h4,6-8H,2-3,5,9,13H2,1H3. The minimum atomic E-state index is 0.401. The van der Waals surface area contributed by atoms with E-state index < -0.39 is 0 Å². The Labute approximate surface area is 100 Å². The van der Waals surface area contributed by atoms with E-state index in [0.717, 1.165) is 30.0 Å². The summed E-state index contributed by atoms with van der Waals surface area (Å²) in [6.07, 6.45) is 6.30. The molecule has 2 aromatic heterocycles. The van der Waals surface area contributed by atoms with Crippen molar-refractivity contribution < 1.29 is 9.15 Å². The molecule has 0 atom stereocenters. The van der Waals surface area contributed by atoms with Crippen LogP contribution in [0, 0.1) is 0 Å². The van der Waals surface area contributed by atoms with Crippen molar-refractivity contribution in [3.63, 3.8) is 0 Å². The predicted octanol–water partition coefficient (Wildman–Crippen LogP) is 1.92. The van der Waals surface area contributed by atoms with Crippen molar-refractivity contribution in [2.75, 3.05) is 0 Å². The van der Waals surface area contributed by atoms with E-state index in [1.54, 1.807) is 12.5 Å². The highest BCUT2D eigenvalue weighted by molar-refractivity contribution is 5.15. The number of aromatic nitrogens is 2. The Morgan fingerprint density at radius 3 is 3.12 bits per heavy atom. The van der Waals surface area contributed by atoms with E-state index in [1.165, 1.54) is 0 Å². The van der Waals surface area contributed by atoms with Crippen LogP contribution in [0.1, 0.15) is 24.7 Å². The molecule has 0 bridgehead atoms. The Balaban J connectivity index is 1.88. The summed E-state index contributed by atoms with van der Waals surface area (Å²) in [4.78, 5) is 0. The van der Waals surface area contributed by atoms with E-state index in [9.17, 15) is 0 Å². The molecule has 5 nitrogen and oxygen atoms in total. The summed E-state index contributed by atoms with van der Waals surface area (Å²) in [6.45, 7) is 3.90. The van der Waals surface area contributed by atoms with E-state index in [2.05, 4.69) is 12.0 Å². The SMILES string of the molecule is CCCn1cc(OCc2cc(CN)co2)cn1. The molecule has 0 radical (unpaired) electrons. The number of aryl methyl sites for hydroxylation is 1. The van der Waals surface area contributed by atoms with Crippen LogP contribution in [0.4, 0.5) is 0 Å². The van der Waals surface area contributed by atoms with E-state index in [0.29, 0.717) is 13.2 Å². The highest BCUT2D eigenvalue weighted by Gasteiger charge is 2.03. The van der Waals surface area contributed by atoms with Crippen LogP contribution in [0.2, 0.25) is 0 Å². The number of nitrogens with two attached hydrogens (primary N) is 1. The van der Waals surface area contributed by atoms with Crippen molar-refractivity contribution in [2.24, 2.45) is 5.73 Å². The summed E-state index contributed by atoms with van der Waals surface area (Å²) >= 11 is 0. The van der Waals surface area contributed by atoms with Crippen LogP contribution >= 0.6 is 0 Å². The molecule has 0 amide bonds. The number of hydrogen-bond donors (Lipinski definition) is 1. The smallest absolute Gasteiger partial charge is 0.157 e. The quantitative estimate of drug-likeness (QED) is 0.830. The summed E-state index contributed by atoms with van der Waals surface area (Å²) in [5.41, 5.74) is 6.47. The Kier molecular flexibility index (Phi) is 3.82. The van der Waals surface area contributed by atoms with E-state index in [1.807, 2.05) is 16.9 Å². The van der Waals surface area contributed by atoms with E-state index >= 15 is 0 Å². The summed E-state index contributed by atoms with van der Waals surface area (Å²) in [5, 5.41) is 4.18. The zero-order valence-electron chi connectivity index (χ0n) is 9.93. The molecule has 17 heavy (non-hydrogen) atoms. The largest absolute Gasteiger partial charge is 0.482 e. The van der Waals surface area contributed by atoms with Crippen molar-refractivity contribution in [3.05, 3.63) is 36.0 Å². The van der Waals surface area contributed by atoms with Gasteiger partial charge in [0.1, 0.15) is 12.4 Å². The molecule has 0 saturated heterocycles. The molecule has 0 spiro atoms. The van der Waals surface area contributed by atoms with Gasteiger partial charge in [0.25, 0.3) is 0 Å². The van der Waals surface area contributed by atoms with E-state index in [-0.39, 0.29) is 0 Å². The highest BCUT2D eigenvalue weighted by Crippen LogP contribution is 2.13. The molecule has 2 aromatic rings. The molecule has 0 unspecified atom stereocenters. The van der Waals surface area contributed by atoms with Crippen LogP contribution in [-0.2, 0) is 19.7 Å². The zero-order valence-corrected chi connectivity index (χ0v) is 9.93. The maximum atomic E-state index is 5.56. The van der Waals surface area contributed by atoms with Gasteiger partial charge in [-0.1, -0.05) is 6.92 Å². The first-order valence-electron chi connectivity index (χ1n) is 5.73. The average Bonchev–Trinajstić information content (AvgIpc) is 2.95. The lowest BCUT2D eigenvalue weighted by Crippen LogP contribution is -1.96. The number of ether oxygens (including phenoxy) is 1. The second-order valence-electron chi connectivity index (χ2n) is 3.85. The fraction of sp³-hybridized carbons (Fsp3) is 0.417. The van der Waals surface area contributed by atoms with Gasteiger partial charge in [-0.05, 0) is 12.5 Å². The fourth-order valence-electron chi connectivity index (χ4n) is 1.53. The summed E-state index contributed by atoms with van der Waals surface area (Å²) in [6, 6.07) is 1.90. The molecule has 92 valence electrons. The monoisotopic (exact) mass is 235 g/mol. The summed E-state index contributed by atoms with van der Waals surface area (Å²) in [7, 11) is 0. The van der Waals surface area contributed by atoms with Crippen LogP contribution in [-0.4, -0.2) is 9.78 Å². The van der Waals surface area contributed by atoms with Crippen LogP contribution in [0.25, 0.3) is 0 Å². The third-order valence-electron chi connectivity index (χ3n) is 2.39. The summed E-state index contributed by atoms with van der Waals surface area (Å²) in [5.74, 6) is 1.53. The van der Waals surface area contributed by atoms with Gasteiger partial charge in [0.05, 0.1) is 18.7 Å². The molecule has 5 heteroatoms. The van der Waals surface area contributed by atoms with Gasteiger partial charge in [0, 0.05) is 18.7 Å². The normalized spacial score (nSPS) is 10.7. The second kappa shape index (κ2) is 5.54. The molecule has 0 aliphatic heterocycles. The third kappa shape index (κ3) is 3.10. The van der Waals surface area contributed by atoms with Crippen LogP contribution in [0.15, 0.2) is 29.1 Å². The van der Waals surface area contributed by atoms with Gasteiger partial charge in [-0.2, -0.15) is 5.10 Å². The first-order chi connectivity index (χ1) is 8.31. The van der Waals surface area contributed by atoms with E-state index in [4.69, 9.17) is 14.9 Å². The van der Waals surface area contributed by atoms with Crippen molar-refractivity contribution in [1.29, 1.82) is 0 Å². The van der Waals surface area contributed by atoms with Gasteiger partial charge in [0.15, 0.2) is 5.75 Å². The predicted molar refractivity (Wildman–Crippen MR) is 63.4 cm³/mol. The fourth-order valence-corrected chi connectivity index (χ4v) is 1.53. The number of furan rings is 1. The minimum Gasteiger partial charge on any atom is -0.482 e. The topological polar surface area (TPSA) is 66.2 Å². The second-order valence-corrected chi connectivity index (χ2v) is 3.85. The van der Waals surface area contributed by atoms with Gasteiger partial charge in [-0.3, -0.25) is 4.68 Å². The Morgan fingerprint density at radius 1 is 1.53 bits per heavy atom. The van der Waals surface area contributed by atoms with Crippen LogP contribution in [0.3, 0.4) is 0 Å². The maximum absolute atomic E-state index is 5.56. The van der Waals surface area contributed by atoms with Crippen molar-refractivity contribution >= 4 is 0 Å². The Bertz CT molecular complexity index is 462. The lowest BCUT2D eigenvalue weighted by Gasteiger charge is -1.99. The van der Waals surface area contributed by atoms with Gasteiger partial charge < -0.3 is 14.9 Å². The van der Waals surface area contributed by atoms with Crippen molar-refractivity contribution in [2.45, 2.75) is 33.0 Å². The third-order valence-corrected chi connectivity index (χ3v) is 2.39. The first-order valence-corrected chi connectivity index (χ1v) is 5.73. The van der Waals surface area contributed by atoms with Gasteiger partial charge in [-0.15, -0.1) is 0 Å². The molecule has 0 aromatic carbocycles. The highest BCUT2D eigenvalue weighted by atomic mass is 16.5. The van der Waals surface area contributed by atoms with Crippen LogP contribution < -0.4 is 10.5 Å². The van der Waals surface area contributed by atoms with Crippen LogP contribution in [0.5, 0.6) is 5.75 Å². The lowest BCUT2D eigenvalue weighted by atomic mass is 10.3. The van der Waals surface area contributed by atoms with Gasteiger partial charge in [-0.25, -0.2) is 0 Å². The van der Waals surface area contributed by atoms with Crippen molar-refractivity contribution in [3.8, 4) is 5.75 Å². The number of hydrogen-bond acceptors (Lipinski definition) is 4. The molecule has 2 rings (SSSR count). The molecule has 0 aliphatic rings. The molecule has 0 aliphatic carbocycles. The number of rotatable bonds is 6. The number of nitrogens with zero attached hydrogens (tertiary/aromatic N) is 2. The molecule has 0 fully saturated rings. The van der Waals surface area contributed by atoms with Gasteiger partial charge >= 0.3 is 0 Å².